The number of imide groups is 1. The van der Waals surface area contributed by atoms with Crippen molar-refractivity contribution in [2.45, 2.75) is 18.8 Å². The van der Waals surface area contributed by atoms with E-state index in [0.29, 0.717) is 10.0 Å². The first-order valence-electron chi connectivity index (χ1n) is 8.68. The molecule has 1 atom stereocenters. The Morgan fingerprint density at radius 3 is 2.60 bits per heavy atom. The number of halogens is 3. The Labute approximate surface area is 177 Å². The molecule has 156 valence electrons. The number of benzene rings is 2. The van der Waals surface area contributed by atoms with Gasteiger partial charge in [-0.1, -0.05) is 34.1 Å². The molecular weight excluding hydrogens is 468 g/mol. The molecule has 2 heterocycles. The summed E-state index contributed by atoms with van der Waals surface area (Å²) in [5.41, 5.74) is -0.662. The molecule has 2 aliphatic heterocycles. The van der Waals surface area contributed by atoms with E-state index in [4.69, 9.17) is 0 Å². The Hall–Kier alpha value is -3.21. The second-order valence-corrected chi connectivity index (χ2v) is 7.66. The van der Waals surface area contributed by atoms with E-state index in [1.165, 1.54) is 12.1 Å². The summed E-state index contributed by atoms with van der Waals surface area (Å²) in [7, 11) is 0. The minimum atomic E-state index is -3.78. The van der Waals surface area contributed by atoms with Gasteiger partial charge in [-0.15, -0.1) is 8.78 Å². The van der Waals surface area contributed by atoms with Gasteiger partial charge in [0.2, 0.25) is 5.91 Å². The predicted octanol–water partition coefficient (Wildman–Crippen LogP) is 3.18. The quantitative estimate of drug-likeness (QED) is 0.653. The number of amides is 4. The Balaban J connectivity index is 1.47. The van der Waals surface area contributed by atoms with E-state index in [9.17, 15) is 23.2 Å². The van der Waals surface area contributed by atoms with Crippen molar-refractivity contribution >= 4 is 39.5 Å². The van der Waals surface area contributed by atoms with E-state index in [1.807, 2.05) is 0 Å². The van der Waals surface area contributed by atoms with Gasteiger partial charge in [-0.25, -0.2) is 4.79 Å². The number of hydrogen-bond donors (Lipinski definition) is 2. The van der Waals surface area contributed by atoms with Crippen LogP contribution >= 0.6 is 15.9 Å². The number of rotatable bonds is 4. The average Bonchev–Trinajstić information content (AvgIpc) is 3.08. The summed E-state index contributed by atoms with van der Waals surface area (Å²) >= 11 is 3.36. The van der Waals surface area contributed by atoms with Gasteiger partial charge in [-0.3, -0.25) is 14.5 Å². The van der Waals surface area contributed by atoms with Crippen LogP contribution in [0.3, 0.4) is 0 Å². The van der Waals surface area contributed by atoms with Crippen molar-refractivity contribution in [2.24, 2.45) is 0 Å². The van der Waals surface area contributed by atoms with Gasteiger partial charge in [-0.2, -0.15) is 0 Å². The van der Waals surface area contributed by atoms with E-state index in [1.54, 1.807) is 31.2 Å². The molecule has 0 bridgehead atoms. The molecule has 11 heteroatoms. The third-order valence-corrected chi connectivity index (χ3v) is 5.37. The molecule has 1 fully saturated rings. The second kappa shape index (κ2) is 6.94. The van der Waals surface area contributed by atoms with Gasteiger partial charge in [0.1, 0.15) is 12.1 Å². The van der Waals surface area contributed by atoms with Gasteiger partial charge in [0.25, 0.3) is 5.91 Å². The summed E-state index contributed by atoms with van der Waals surface area (Å²) in [6.45, 7) is 0.985. The summed E-state index contributed by atoms with van der Waals surface area (Å²) in [5.74, 6) is -1.70. The molecule has 0 saturated carbocycles. The molecule has 0 unspecified atom stereocenters. The van der Waals surface area contributed by atoms with E-state index >= 15 is 0 Å². The van der Waals surface area contributed by atoms with Crippen LogP contribution in [0.2, 0.25) is 0 Å². The number of nitrogens with one attached hydrogen (secondary N) is 2. The largest absolute Gasteiger partial charge is 0.586 e. The van der Waals surface area contributed by atoms with Crippen LogP contribution in [0.4, 0.5) is 19.3 Å². The molecule has 2 aliphatic rings. The third kappa shape index (κ3) is 3.45. The molecule has 2 aromatic rings. The highest BCUT2D eigenvalue weighted by molar-refractivity contribution is 9.10. The molecule has 0 aliphatic carbocycles. The number of nitrogens with zero attached hydrogens (tertiary/aromatic N) is 1. The van der Waals surface area contributed by atoms with Gasteiger partial charge in [-0.05, 0) is 25.1 Å². The zero-order valence-corrected chi connectivity index (χ0v) is 17.0. The van der Waals surface area contributed by atoms with Gasteiger partial charge in [0.15, 0.2) is 11.5 Å². The first-order chi connectivity index (χ1) is 14.1. The average molecular weight is 482 g/mol. The number of anilines is 1. The minimum absolute atomic E-state index is 0.140. The molecule has 1 saturated heterocycles. The Bertz CT molecular complexity index is 1080. The zero-order valence-electron chi connectivity index (χ0n) is 15.4. The molecule has 0 spiro atoms. The van der Waals surface area contributed by atoms with Crippen LogP contribution in [-0.4, -0.2) is 35.6 Å². The summed E-state index contributed by atoms with van der Waals surface area (Å²) in [5, 5.41) is 5.05. The Morgan fingerprint density at radius 2 is 1.87 bits per heavy atom. The number of hydrogen-bond acceptors (Lipinski definition) is 5. The maximum atomic E-state index is 13.1. The number of carbonyl (C=O) groups is 3. The number of ether oxygens (including phenoxy) is 2. The number of fused-ring (bicyclic) bond motifs is 1. The molecule has 30 heavy (non-hydrogen) atoms. The third-order valence-electron chi connectivity index (χ3n) is 4.67. The normalized spacial score (nSPS) is 21.5. The molecule has 2 N–H and O–H groups in total. The van der Waals surface area contributed by atoms with Crippen molar-refractivity contribution in [3.63, 3.8) is 0 Å². The van der Waals surface area contributed by atoms with Crippen LogP contribution in [0.15, 0.2) is 46.9 Å². The second-order valence-electron chi connectivity index (χ2n) is 6.80. The van der Waals surface area contributed by atoms with Crippen LogP contribution in [0, 0.1) is 0 Å². The van der Waals surface area contributed by atoms with E-state index in [-0.39, 0.29) is 17.2 Å². The number of carbonyl (C=O) groups excluding carboxylic acids is 3. The Morgan fingerprint density at radius 1 is 1.17 bits per heavy atom. The summed E-state index contributed by atoms with van der Waals surface area (Å²) in [6, 6.07) is 9.90. The summed E-state index contributed by atoms with van der Waals surface area (Å²) in [4.78, 5) is 38.5. The van der Waals surface area contributed by atoms with Crippen LogP contribution in [0.25, 0.3) is 0 Å². The van der Waals surface area contributed by atoms with E-state index in [2.05, 4.69) is 36.0 Å². The van der Waals surface area contributed by atoms with Crippen molar-refractivity contribution in [3.8, 4) is 11.5 Å². The topological polar surface area (TPSA) is 97.0 Å². The van der Waals surface area contributed by atoms with Crippen molar-refractivity contribution in [2.75, 3.05) is 11.9 Å². The summed E-state index contributed by atoms with van der Waals surface area (Å²) < 4.78 is 35.5. The first kappa shape index (κ1) is 20.1. The van der Waals surface area contributed by atoms with Gasteiger partial charge in [0, 0.05) is 21.8 Å². The minimum Gasteiger partial charge on any atom is -0.395 e. The maximum absolute atomic E-state index is 13.1. The lowest BCUT2D eigenvalue weighted by Crippen LogP contribution is -2.42. The number of urea groups is 1. The highest BCUT2D eigenvalue weighted by Gasteiger charge is 2.50. The maximum Gasteiger partial charge on any atom is 0.586 e. The molecule has 4 amide bonds. The fourth-order valence-electron chi connectivity index (χ4n) is 3.26. The highest BCUT2D eigenvalue weighted by Crippen LogP contribution is 2.42. The molecule has 4 rings (SSSR count). The Kier molecular flexibility index (Phi) is 4.64. The molecular formula is C19H14BrF2N3O5. The standard InChI is InChI=1S/C19H14BrF2N3O5/c1-18(11-4-2-3-5-12(11)20)16(27)25(17(28)24-18)9-15(26)23-10-6-7-13-14(8-10)30-19(21,22)29-13/h2-8H,9H2,1H3,(H,23,26)(H,24,28)/t18-/m1/s1. The molecule has 2 aromatic carbocycles. The SMILES string of the molecule is C[C@]1(c2ccccc2Br)NC(=O)N(CC(=O)Nc2ccc3c(c2)OC(F)(F)O3)C1=O. The first-order valence-corrected chi connectivity index (χ1v) is 9.47. The fourth-order valence-corrected chi connectivity index (χ4v) is 3.94. The van der Waals surface area contributed by atoms with Crippen LogP contribution in [-0.2, 0) is 15.1 Å². The number of alkyl halides is 2. The molecule has 0 radical (unpaired) electrons. The van der Waals surface area contributed by atoms with Crippen molar-refractivity contribution in [1.82, 2.24) is 10.2 Å². The predicted molar refractivity (Wildman–Crippen MR) is 103 cm³/mol. The van der Waals surface area contributed by atoms with Crippen LogP contribution in [0.5, 0.6) is 11.5 Å². The van der Waals surface area contributed by atoms with E-state index in [0.717, 1.165) is 11.0 Å². The van der Waals surface area contributed by atoms with Crippen LogP contribution < -0.4 is 20.1 Å². The van der Waals surface area contributed by atoms with Crippen molar-refractivity contribution in [1.29, 1.82) is 0 Å². The van der Waals surface area contributed by atoms with E-state index < -0.39 is 36.2 Å². The smallest absolute Gasteiger partial charge is 0.395 e. The molecule has 0 aromatic heterocycles. The van der Waals surface area contributed by atoms with Crippen LogP contribution in [0.1, 0.15) is 12.5 Å². The highest BCUT2D eigenvalue weighted by atomic mass is 79.9. The zero-order chi connectivity index (χ0) is 21.7. The lowest BCUT2D eigenvalue weighted by molar-refractivity contribution is -0.286. The fraction of sp³-hybridized carbons (Fsp3) is 0.211. The lowest BCUT2D eigenvalue weighted by atomic mass is 9.92. The lowest BCUT2D eigenvalue weighted by Gasteiger charge is -2.23. The van der Waals surface area contributed by atoms with Gasteiger partial charge < -0.3 is 20.1 Å². The summed E-state index contributed by atoms with van der Waals surface area (Å²) in [6.07, 6.45) is -3.78. The molecule has 8 nitrogen and oxygen atoms in total. The van der Waals surface area contributed by atoms with Gasteiger partial charge in [0.05, 0.1) is 0 Å². The van der Waals surface area contributed by atoms with Crippen molar-refractivity contribution < 1.29 is 32.6 Å². The monoisotopic (exact) mass is 481 g/mol. The van der Waals surface area contributed by atoms with Gasteiger partial charge >= 0.3 is 12.3 Å². The van der Waals surface area contributed by atoms with Crippen molar-refractivity contribution in [3.05, 3.63) is 52.5 Å².